The van der Waals surface area contributed by atoms with Crippen molar-refractivity contribution in [3.05, 3.63) is 52.0 Å². The van der Waals surface area contributed by atoms with Crippen LogP contribution < -0.4 is 10.5 Å². The molecule has 0 aliphatic carbocycles. The van der Waals surface area contributed by atoms with Crippen molar-refractivity contribution < 1.29 is 22.7 Å². The summed E-state index contributed by atoms with van der Waals surface area (Å²) in [5.74, 6) is -0.965. The van der Waals surface area contributed by atoms with Gasteiger partial charge in [-0.2, -0.15) is 0 Å². The Morgan fingerprint density at radius 1 is 1.17 bits per heavy atom. The van der Waals surface area contributed by atoms with E-state index in [9.17, 15) is 18.0 Å². The van der Waals surface area contributed by atoms with Gasteiger partial charge in [-0.1, -0.05) is 15.9 Å². The Morgan fingerprint density at radius 2 is 1.79 bits per heavy atom. The highest BCUT2D eigenvalue weighted by Gasteiger charge is 2.19. The number of carbonyl (C=O) groups excluding carboxylic acids is 2. The number of primary sulfonamides is 1. The maximum Gasteiger partial charge on any atom is 0.317 e. The molecule has 7 nitrogen and oxygen atoms in total. The lowest BCUT2D eigenvalue weighted by Gasteiger charge is -2.14. The number of benzene rings is 2. The van der Waals surface area contributed by atoms with E-state index in [1.54, 1.807) is 0 Å². The predicted octanol–water partition coefficient (Wildman–Crippen LogP) is 3.38. The molecular formula is C19H21BrN2O5S2. The molecule has 1 unspecified atom stereocenters. The summed E-state index contributed by atoms with van der Waals surface area (Å²) >= 11 is 4.81. The fourth-order valence-electron chi connectivity index (χ4n) is 2.30. The summed E-state index contributed by atoms with van der Waals surface area (Å²) in [5.41, 5.74) is 2.46. The zero-order chi connectivity index (χ0) is 21.8. The number of aryl methyl sites for hydroxylation is 2. The molecule has 10 heteroatoms. The third kappa shape index (κ3) is 6.84. The summed E-state index contributed by atoms with van der Waals surface area (Å²) < 4.78 is 28.7. The Labute approximate surface area is 182 Å². The van der Waals surface area contributed by atoms with Gasteiger partial charge < -0.3 is 10.1 Å². The summed E-state index contributed by atoms with van der Waals surface area (Å²) in [6.45, 7) is 5.38. The molecule has 0 spiro atoms. The smallest absolute Gasteiger partial charge is 0.317 e. The fraction of sp³-hybridized carbons (Fsp3) is 0.263. The molecule has 1 atom stereocenters. The van der Waals surface area contributed by atoms with Crippen molar-refractivity contribution >= 4 is 55.3 Å². The first-order valence-corrected chi connectivity index (χ1v) is 11.8. The molecule has 3 N–H and O–H groups in total. The highest BCUT2D eigenvalue weighted by molar-refractivity contribution is 9.10. The number of amides is 1. The summed E-state index contributed by atoms with van der Waals surface area (Å²) in [6.07, 6.45) is -1.01. The average molecular weight is 501 g/mol. The number of esters is 1. The molecule has 0 aliphatic rings. The lowest BCUT2D eigenvalue weighted by molar-refractivity contribution is -0.150. The van der Waals surface area contributed by atoms with Crippen LogP contribution in [0, 0.1) is 13.8 Å². The van der Waals surface area contributed by atoms with Gasteiger partial charge in [-0.3, -0.25) is 9.59 Å². The topological polar surface area (TPSA) is 116 Å². The number of nitrogens with two attached hydrogens (primary N) is 1. The minimum atomic E-state index is -3.80. The number of rotatable bonds is 7. The van der Waals surface area contributed by atoms with Gasteiger partial charge in [0.1, 0.15) is 0 Å². The van der Waals surface area contributed by atoms with Crippen molar-refractivity contribution in [3.63, 3.8) is 0 Å². The number of carbonyl (C=O) groups is 2. The second kappa shape index (κ2) is 9.75. The zero-order valence-electron chi connectivity index (χ0n) is 16.1. The van der Waals surface area contributed by atoms with Gasteiger partial charge in [-0.15, -0.1) is 11.8 Å². The molecule has 0 bridgehead atoms. The molecular weight excluding hydrogens is 480 g/mol. The monoisotopic (exact) mass is 500 g/mol. The van der Waals surface area contributed by atoms with Crippen LogP contribution in [-0.2, 0) is 24.3 Å². The average Bonchev–Trinajstić information content (AvgIpc) is 2.63. The third-order valence-electron chi connectivity index (χ3n) is 3.93. The van der Waals surface area contributed by atoms with Crippen molar-refractivity contribution in [3.8, 4) is 0 Å². The van der Waals surface area contributed by atoms with Gasteiger partial charge >= 0.3 is 5.97 Å². The SMILES string of the molecule is Cc1cc(SCC(=O)OC(C)C(=O)Nc2ccc(S(N)(=O)=O)cc2)c(C)cc1Br. The van der Waals surface area contributed by atoms with Gasteiger partial charge in [0.25, 0.3) is 5.91 Å². The number of thioether (sulfide) groups is 1. The lowest BCUT2D eigenvalue weighted by Crippen LogP contribution is -2.30. The highest BCUT2D eigenvalue weighted by Crippen LogP contribution is 2.28. The second-order valence-corrected chi connectivity index (χ2v) is 9.78. The first-order chi connectivity index (χ1) is 13.5. The number of ether oxygens (including phenoxy) is 1. The van der Waals surface area contributed by atoms with Gasteiger partial charge in [0.05, 0.1) is 10.6 Å². The Balaban J connectivity index is 1.89. The van der Waals surface area contributed by atoms with Crippen LogP contribution in [0.5, 0.6) is 0 Å². The van der Waals surface area contributed by atoms with Gasteiger partial charge in [-0.25, -0.2) is 13.6 Å². The number of anilines is 1. The quantitative estimate of drug-likeness (QED) is 0.444. The van der Waals surface area contributed by atoms with E-state index >= 15 is 0 Å². The second-order valence-electron chi connectivity index (χ2n) is 6.35. The zero-order valence-corrected chi connectivity index (χ0v) is 19.3. The number of halogens is 1. The standard InChI is InChI=1S/C19H21BrN2O5S2/c1-11-9-17(12(2)8-16(11)20)28-10-18(23)27-13(3)19(24)22-14-4-6-15(7-5-14)29(21,25)26/h4-9,13H,10H2,1-3H3,(H,22,24)(H2,21,25,26). The van der Waals surface area contributed by atoms with Crippen molar-refractivity contribution in [1.29, 1.82) is 0 Å². The molecule has 29 heavy (non-hydrogen) atoms. The molecule has 0 radical (unpaired) electrons. The van der Waals surface area contributed by atoms with E-state index in [-0.39, 0.29) is 10.6 Å². The van der Waals surface area contributed by atoms with Gasteiger partial charge in [0.15, 0.2) is 6.10 Å². The van der Waals surface area contributed by atoms with E-state index in [0.717, 1.165) is 20.5 Å². The van der Waals surface area contributed by atoms with Crippen LogP contribution in [0.15, 0.2) is 50.7 Å². The molecule has 0 heterocycles. The first-order valence-electron chi connectivity index (χ1n) is 8.50. The third-order valence-corrected chi connectivity index (χ3v) is 6.84. The predicted molar refractivity (Wildman–Crippen MR) is 116 cm³/mol. The largest absolute Gasteiger partial charge is 0.452 e. The van der Waals surface area contributed by atoms with E-state index in [0.29, 0.717) is 5.69 Å². The maximum atomic E-state index is 12.2. The molecule has 2 rings (SSSR count). The number of hydrogen-bond donors (Lipinski definition) is 2. The molecule has 2 aromatic carbocycles. The van der Waals surface area contributed by atoms with Crippen LogP contribution in [0.1, 0.15) is 18.1 Å². The van der Waals surface area contributed by atoms with E-state index < -0.39 is 28.0 Å². The highest BCUT2D eigenvalue weighted by atomic mass is 79.9. The Morgan fingerprint density at radius 3 is 2.38 bits per heavy atom. The fourth-order valence-corrected chi connectivity index (χ4v) is 4.16. The molecule has 1 amide bonds. The summed E-state index contributed by atoms with van der Waals surface area (Å²) in [4.78, 5) is 25.2. The number of sulfonamides is 1. The van der Waals surface area contributed by atoms with Gasteiger partial charge in [0.2, 0.25) is 10.0 Å². The van der Waals surface area contributed by atoms with Crippen LogP contribution >= 0.6 is 27.7 Å². The first kappa shape index (κ1) is 23.4. The Hall–Kier alpha value is -1.88. The molecule has 0 aliphatic heterocycles. The van der Waals surface area contributed by atoms with Gasteiger partial charge in [-0.05, 0) is 68.3 Å². The van der Waals surface area contributed by atoms with E-state index in [2.05, 4.69) is 21.2 Å². The van der Waals surface area contributed by atoms with Crippen molar-refractivity contribution in [2.45, 2.75) is 36.7 Å². The van der Waals surface area contributed by atoms with Crippen LogP contribution in [0.2, 0.25) is 0 Å². The van der Waals surface area contributed by atoms with Gasteiger partial charge in [0, 0.05) is 15.1 Å². The Kier molecular flexibility index (Phi) is 7.87. The molecule has 0 aromatic heterocycles. The van der Waals surface area contributed by atoms with Crippen LogP contribution in [0.25, 0.3) is 0 Å². The minimum Gasteiger partial charge on any atom is -0.452 e. The van der Waals surface area contributed by atoms with E-state index in [1.807, 2.05) is 26.0 Å². The van der Waals surface area contributed by atoms with Crippen LogP contribution in [-0.4, -0.2) is 32.2 Å². The molecule has 0 saturated carbocycles. The number of hydrogen-bond acceptors (Lipinski definition) is 6. The van der Waals surface area contributed by atoms with E-state index in [4.69, 9.17) is 9.88 Å². The molecule has 0 fully saturated rings. The summed E-state index contributed by atoms with van der Waals surface area (Å²) in [5, 5.41) is 7.59. The summed E-state index contributed by atoms with van der Waals surface area (Å²) in [7, 11) is -3.80. The van der Waals surface area contributed by atoms with Crippen molar-refractivity contribution in [2.75, 3.05) is 11.1 Å². The lowest BCUT2D eigenvalue weighted by atomic mass is 10.2. The van der Waals surface area contributed by atoms with Crippen molar-refractivity contribution in [2.24, 2.45) is 5.14 Å². The van der Waals surface area contributed by atoms with Crippen molar-refractivity contribution in [1.82, 2.24) is 0 Å². The van der Waals surface area contributed by atoms with Crippen LogP contribution in [0.3, 0.4) is 0 Å². The summed E-state index contributed by atoms with van der Waals surface area (Å²) in [6, 6.07) is 9.34. The molecule has 0 saturated heterocycles. The maximum absolute atomic E-state index is 12.2. The molecule has 2 aromatic rings. The minimum absolute atomic E-state index is 0.0644. The van der Waals surface area contributed by atoms with E-state index in [1.165, 1.54) is 43.0 Å². The number of nitrogens with one attached hydrogen (secondary N) is 1. The normalized spacial score (nSPS) is 12.3. The van der Waals surface area contributed by atoms with Crippen LogP contribution in [0.4, 0.5) is 5.69 Å². The molecule has 156 valence electrons. The Bertz CT molecular complexity index is 1020.